The number of hydrogen-bond donors (Lipinski definition) is 0. The van der Waals surface area contributed by atoms with Crippen LogP contribution < -0.4 is 11.2 Å². The first-order chi connectivity index (χ1) is 14.4. The summed E-state index contributed by atoms with van der Waals surface area (Å²) < 4.78 is 28.0. The largest absolute Gasteiger partial charge is 0.332 e. The van der Waals surface area contributed by atoms with Gasteiger partial charge in [0.05, 0.1) is 25.7 Å². The summed E-state index contributed by atoms with van der Waals surface area (Å²) in [7, 11) is -3.22. The number of aromatic nitrogens is 4. The van der Waals surface area contributed by atoms with Crippen LogP contribution >= 0.6 is 7.60 Å². The van der Waals surface area contributed by atoms with Crippen LogP contribution in [0, 0.1) is 0 Å². The van der Waals surface area contributed by atoms with E-state index in [0.29, 0.717) is 30.7 Å². The first-order valence-corrected chi connectivity index (χ1v) is 12.7. The van der Waals surface area contributed by atoms with Crippen LogP contribution in [0.3, 0.4) is 0 Å². The molecule has 0 saturated carbocycles. The minimum absolute atomic E-state index is 0.155. The summed E-state index contributed by atoms with van der Waals surface area (Å²) in [5, 5.41) is 0. The first kappa shape index (κ1) is 24.6. The van der Waals surface area contributed by atoms with Gasteiger partial charge in [-0.15, -0.1) is 0 Å². The molecule has 2 heterocycles. The fourth-order valence-electron chi connectivity index (χ4n) is 3.43. The zero-order valence-electron chi connectivity index (χ0n) is 18.6. The molecule has 2 aromatic rings. The number of aryl methyl sites for hydroxylation is 2. The molecule has 2 aromatic heterocycles. The summed E-state index contributed by atoms with van der Waals surface area (Å²) in [4.78, 5) is 30.7. The average Bonchev–Trinajstić information content (AvgIpc) is 3.13. The maximum Gasteiger partial charge on any atom is 0.332 e. The highest BCUT2D eigenvalue weighted by Gasteiger charge is 2.24. The topological polar surface area (TPSA) is 97.4 Å². The molecular weight excluding hydrogens is 407 g/mol. The SMILES string of the molecule is CCCCn1cnc2c1c(=O)n(CCCP(=O)(OCC)OCC)c(=O)n2CCCC. The predicted octanol–water partition coefficient (Wildman–Crippen LogP) is 3.62. The maximum atomic E-state index is 13.2. The van der Waals surface area contributed by atoms with Crippen LogP contribution in [0.2, 0.25) is 0 Å². The molecule has 0 bridgehead atoms. The van der Waals surface area contributed by atoms with Gasteiger partial charge < -0.3 is 13.6 Å². The van der Waals surface area contributed by atoms with Crippen molar-refractivity contribution >= 4 is 18.8 Å². The van der Waals surface area contributed by atoms with E-state index in [9.17, 15) is 14.2 Å². The molecule has 0 aliphatic carbocycles. The van der Waals surface area contributed by atoms with Gasteiger partial charge in [-0.25, -0.2) is 9.78 Å². The molecule has 0 radical (unpaired) electrons. The molecule has 9 nitrogen and oxygen atoms in total. The molecule has 0 aliphatic heterocycles. The van der Waals surface area contributed by atoms with Crippen LogP contribution in [0.15, 0.2) is 15.9 Å². The Morgan fingerprint density at radius 2 is 1.50 bits per heavy atom. The van der Waals surface area contributed by atoms with Crippen molar-refractivity contribution in [2.24, 2.45) is 0 Å². The number of hydrogen-bond acceptors (Lipinski definition) is 6. The number of rotatable bonds is 14. The Hall–Kier alpha value is -1.70. The van der Waals surface area contributed by atoms with E-state index in [-0.39, 0.29) is 37.2 Å². The fourth-order valence-corrected chi connectivity index (χ4v) is 5.08. The summed E-state index contributed by atoms with van der Waals surface area (Å²) in [6.07, 6.45) is 5.80. The number of unbranched alkanes of at least 4 members (excludes halogenated alkanes) is 2. The van der Waals surface area contributed by atoms with E-state index in [0.717, 1.165) is 25.7 Å². The summed E-state index contributed by atoms with van der Waals surface area (Å²) in [6.45, 7) is 9.56. The van der Waals surface area contributed by atoms with Gasteiger partial charge in [0.1, 0.15) is 0 Å². The van der Waals surface area contributed by atoms with Crippen molar-refractivity contribution in [3.63, 3.8) is 0 Å². The fraction of sp³-hybridized carbons (Fsp3) is 0.750. The van der Waals surface area contributed by atoms with Crippen molar-refractivity contribution in [3.05, 3.63) is 27.2 Å². The van der Waals surface area contributed by atoms with Gasteiger partial charge in [0.2, 0.25) is 0 Å². The van der Waals surface area contributed by atoms with Gasteiger partial charge in [0.15, 0.2) is 11.2 Å². The second-order valence-electron chi connectivity index (χ2n) is 7.23. The van der Waals surface area contributed by atoms with Gasteiger partial charge in [-0.1, -0.05) is 26.7 Å². The Bertz CT molecular complexity index is 968. The molecule has 0 aromatic carbocycles. The van der Waals surface area contributed by atoms with Gasteiger partial charge in [0.25, 0.3) is 5.56 Å². The van der Waals surface area contributed by atoms with E-state index < -0.39 is 7.60 Å². The Morgan fingerprint density at radius 3 is 2.10 bits per heavy atom. The van der Waals surface area contributed by atoms with Crippen LogP contribution in [0.25, 0.3) is 11.2 Å². The quantitative estimate of drug-likeness (QED) is 0.415. The molecule has 2 rings (SSSR count). The highest BCUT2D eigenvalue weighted by Crippen LogP contribution is 2.48. The third-order valence-electron chi connectivity index (χ3n) is 4.94. The van der Waals surface area contributed by atoms with E-state index >= 15 is 0 Å². The first-order valence-electron chi connectivity index (χ1n) is 11.0. The molecule has 0 N–H and O–H groups in total. The Labute approximate surface area is 177 Å². The minimum atomic E-state index is -3.22. The van der Waals surface area contributed by atoms with E-state index in [1.165, 1.54) is 4.57 Å². The van der Waals surface area contributed by atoms with Crippen LogP contribution in [-0.4, -0.2) is 38.1 Å². The zero-order valence-corrected chi connectivity index (χ0v) is 19.5. The van der Waals surface area contributed by atoms with E-state index in [1.54, 1.807) is 24.7 Å². The van der Waals surface area contributed by atoms with Gasteiger partial charge in [-0.2, -0.15) is 0 Å². The normalized spacial score (nSPS) is 12.1. The average molecular weight is 442 g/mol. The molecule has 0 spiro atoms. The summed E-state index contributed by atoms with van der Waals surface area (Å²) in [5.41, 5.74) is 0.181. The third-order valence-corrected chi connectivity index (χ3v) is 7.10. The van der Waals surface area contributed by atoms with Gasteiger partial charge in [-0.3, -0.25) is 18.5 Å². The molecule has 170 valence electrons. The number of fused-ring (bicyclic) bond motifs is 1. The van der Waals surface area contributed by atoms with Crippen LogP contribution in [0.4, 0.5) is 0 Å². The number of nitrogens with zero attached hydrogens (tertiary/aromatic N) is 4. The molecular formula is C20H35N4O5P. The molecule has 30 heavy (non-hydrogen) atoms. The predicted molar refractivity (Wildman–Crippen MR) is 118 cm³/mol. The summed E-state index contributed by atoms with van der Waals surface area (Å²) >= 11 is 0. The zero-order chi connectivity index (χ0) is 22.1. The summed E-state index contributed by atoms with van der Waals surface area (Å²) in [6, 6.07) is 0. The molecule has 0 unspecified atom stereocenters. The molecule has 0 atom stereocenters. The second-order valence-corrected chi connectivity index (χ2v) is 9.42. The highest BCUT2D eigenvalue weighted by atomic mass is 31.2. The van der Waals surface area contributed by atoms with Crippen molar-refractivity contribution < 1.29 is 13.6 Å². The van der Waals surface area contributed by atoms with Gasteiger partial charge in [-0.05, 0) is 33.1 Å². The molecule has 10 heteroatoms. The van der Waals surface area contributed by atoms with Crippen molar-refractivity contribution in [3.8, 4) is 0 Å². The second kappa shape index (κ2) is 11.6. The van der Waals surface area contributed by atoms with Crippen molar-refractivity contribution in [1.29, 1.82) is 0 Å². The maximum absolute atomic E-state index is 13.2. The van der Waals surface area contributed by atoms with Crippen molar-refractivity contribution in [2.75, 3.05) is 19.4 Å². The number of imidazole rings is 1. The third kappa shape index (κ3) is 5.71. The van der Waals surface area contributed by atoms with Crippen LogP contribution in [0.1, 0.15) is 59.8 Å². The lowest BCUT2D eigenvalue weighted by Crippen LogP contribution is -2.41. The Kier molecular flexibility index (Phi) is 9.52. The summed E-state index contributed by atoms with van der Waals surface area (Å²) in [5.74, 6) is 0. The van der Waals surface area contributed by atoms with Crippen LogP contribution in [-0.2, 0) is 33.2 Å². The smallest absolute Gasteiger partial charge is 0.325 e. The lowest BCUT2D eigenvalue weighted by Gasteiger charge is -2.17. The standard InChI is InChI=1S/C20H35N4O5P/c1-5-9-12-22-16-21-18-17(22)19(25)24(20(26)23(18)13-10-6-2)14-11-15-30(27,28-7-3)29-8-4/h16H,5-15H2,1-4H3. The van der Waals surface area contributed by atoms with Crippen molar-refractivity contribution in [2.45, 2.75) is 79.4 Å². The molecule has 0 amide bonds. The van der Waals surface area contributed by atoms with E-state index in [1.807, 2.05) is 4.57 Å². The van der Waals surface area contributed by atoms with Crippen LogP contribution in [0.5, 0.6) is 0 Å². The highest BCUT2D eigenvalue weighted by molar-refractivity contribution is 7.53. The Balaban J connectivity index is 2.41. The molecule has 0 saturated heterocycles. The lowest BCUT2D eigenvalue weighted by atomic mass is 10.3. The molecule has 0 fully saturated rings. The minimum Gasteiger partial charge on any atom is -0.325 e. The van der Waals surface area contributed by atoms with Crippen molar-refractivity contribution in [1.82, 2.24) is 18.7 Å². The lowest BCUT2D eigenvalue weighted by molar-refractivity contribution is 0.219. The Morgan fingerprint density at radius 1 is 0.900 bits per heavy atom. The van der Waals surface area contributed by atoms with E-state index in [4.69, 9.17) is 9.05 Å². The monoisotopic (exact) mass is 442 g/mol. The van der Waals surface area contributed by atoms with E-state index in [2.05, 4.69) is 18.8 Å². The van der Waals surface area contributed by atoms with Gasteiger partial charge in [0, 0.05) is 19.6 Å². The van der Waals surface area contributed by atoms with Gasteiger partial charge >= 0.3 is 13.3 Å². The molecule has 0 aliphatic rings.